The summed E-state index contributed by atoms with van der Waals surface area (Å²) in [5, 5.41) is 3.33. The van der Waals surface area contributed by atoms with Crippen molar-refractivity contribution in [1.29, 1.82) is 0 Å². The molecule has 0 aromatic heterocycles. The Labute approximate surface area is 118 Å². The minimum absolute atomic E-state index is 0.0916. The third-order valence-electron chi connectivity index (χ3n) is 2.99. The van der Waals surface area contributed by atoms with Crippen LogP contribution in [-0.4, -0.2) is 18.7 Å². The van der Waals surface area contributed by atoms with Crippen LogP contribution in [0.2, 0.25) is 0 Å². The van der Waals surface area contributed by atoms with Gasteiger partial charge in [0.25, 0.3) is 0 Å². The molecule has 0 heterocycles. The maximum atomic E-state index is 12.4. The highest BCUT2D eigenvalue weighted by Crippen LogP contribution is 2.30. The van der Waals surface area contributed by atoms with Crippen molar-refractivity contribution in [3.05, 3.63) is 29.8 Å². The van der Waals surface area contributed by atoms with Gasteiger partial charge in [0.1, 0.15) is 11.9 Å². The van der Waals surface area contributed by atoms with E-state index in [1.807, 2.05) is 6.92 Å². The molecule has 2 atom stereocenters. The van der Waals surface area contributed by atoms with Crippen molar-refractivity contribution in [2.75, 3.05) is 6.54 Å². The smallest absolute Gasteiger partial charge is 0.416 e. The Kier molecular flexibility index (Phi) is 6.33. The first-order valence-corrected chi connectivity index (χ1v) is 6.90. The third kappa shape index (κ3) is 5.82. The molecule has 0 aliphatic heterocycles. The van der Waals surface area contributed by atoms with Crippen LogP contribution < -0.4 is 10.1 Å². The van der Waals surface area contributed by atoms with E-state index in [0.29, 0.717) is 18.3 Å². The number of hydrogen-bond acceptors (Lipinski definition) is 2. The molecule has 1 rings (SSSR count). The van der Waals surface area contributed by atoms with Crippen LogP contribution >= 0.6 is 0 Å². The van der Waals surface area contributed by atoms with Gasteiger partial charge in [-0.3, -0.25) is 0 Å². The van der Waals surface area contributed by atoms with E-state index in [1.54, 1.807) is 0 Å². The molecule has 2 nitrogen and oxygen atoms in total. The molecule has 1 aromatic carbocycles. The highest BCUT2D eigenvalue weighted by molar-refractivity contribution is 5.29. The van der Waals surface area contributed by atoms with E-state index in [-0.39, 0.29) is 6.10 Å². The van der Waals surface area contributed by atoms with Crippen LogP contribution in [0.4, 0.5) is 13.2 Å². The minimum Gasteiger partial charge on any atom is -0.489 e. The molecule has 114 valence electrons. The fourth-order valence-electron chi connectivity index (χ4n) is 1.90. The summed E-state index contributed by atoms with van der Waals surface area (Å²) in [6.07, 6.45) is -2.19. The predicted octanol–water partition coefficient (Wildman–Crippen LogP) is 4.25. The number of alkyl halides is 3. The molecule has 5 heteroatoms. The van der Waals surface area contributed by atoms with E-state index < -0.39 is 11.7 Å². The number of nitrogens with one attached hydrogen (secondary N) is 1. The Morgan fingerprint density at radius 1 is 1.15 bits per heavy atom. The summed E-state index contributed by atoms with van der Waals surface area (Å²) in [4.78, 5) is 0. The van der Waals surface area contributed by atoms with E-state index in [0.717, 1.165) is 25.0 Å². The van der Waals surface area contributed by atoms with Gasteiger partial charge in [-0.2, -0.15) is 13.2 Å². The van der Waals surface area contributed by atoms with Gasteiger partial charge < -0.3 is 10.1 Å². The lowest BCUT2D eigenvalue weighted by Gasteiger charge is -2.19. The van der Waals surface area contributed by atoms with Gasteiger partial charge in [-0.05, 0) is 44.5 Å². The second-order valence-electron chi connectivity index (χ2n) is 5.05. The fraction of sp³-hybridized carbons (Fsp3) is 0.600. The molecule has 0 saturated carbocycles. The number of benzene rings is 1. The highest BCUT2D eigenvalue weighted by atomic mass is 19.4. The van der Waals surface area contributed by atoms with Gasteiger partial charge in [-0.15, -0.1) is 0 Å². The first-order chi connectivity index (χ1) is 9.32. The standard InChI is InChI=1S/C15H22F3NO/c1-4-5-11(2)19-10-12(3)20-14-8-6-13(7-9-14)15(16,17)18/h6-9,11-12,19H,4-5,10H2,1-3H3. The minimum atomic E-state index is -4.30. The molecular formula is C15H22F3NO. The molecular weight excluding hydrogens is 267 g/mol. The second-order valence-corrected chi connectivity index (χ2v) is 5.05. The lowest BCUT2D eigenvalue weighted by Crippen LogP contribution is -2.34. The number of hydrogen-bond donors (Lipinski definition) is 1. The quantitative estimate of drug-likeness (QED) is 0.810. The van der Waals surface area contributed by atoms with Crippen LogP contribution in [0, 0.1) is 0 Å². The molecule has 0 bridgehead atoms. The summed E-state index contributed by atoms with van der Waals surface area (Å²) in [6, 6.07) is 5.20. The van der Waals surface area contributed by atoms with Crippen LogP contribution in [0.3, 0.4) is 0 Å². The summed E-state index contributed by atoms with van der Waals surface area (Å²) in [5.74, 6) is 0.454. The maximum Gasteiger partial charge on any atom is 0.416 e. The Hall–Kier alpha value is -1.23. The third-order valence-corrected chi connectivity index (χ3v) is 2.99. The zero-order valence-electron chi connectivity index (χ0n) is 12.1. The van der Waals surface area contributed by atoms with Crippen LogP contribution in [0.5, 0.6) is 5.75 Å². The topological polar surface area (TPSA) is 21.3 Å². The van der Waals surface area contributed by atoms with E-state index >= 15 is 0 Å². The molecule has 0 fully saturated rings. The normalized spacial score (nSPS) is 14.9. The molecule has 0 radical (unpaired) electrons. The summed E-state index contributed by atoms with van der Waals surface area (Å²) < 4.78 is 42.8. The molecule has 0 aliphatic carbocycles. The largest absolute Gasteiger partial charge is 0.489 e. The van der Waals surface area contributed by atoms with Gasteiger partial charge in [0.15, 0.2) is 0 Å². The van der Waals surface area contributed by atoms with Gasteiger partial charge in [-0.1, -0.05) is 13.3 Å². The number of ether oxygens (including phenoxy) is 1. The molecule has 0 amide bonds. The van der Waals surface area contributed by atoms with Crippen LogP contribution in [0.25, 0.3) is 0 Å². The Morgan fingerprint density at radius 3 is 2.25 bits per heavy atom. The van der Waals surface area contributed by atoms with Crippen molar-refractivity contribution in [2.45, 2.75) is 51.9 Å². The molecule has 20 heavy (non-hydrogen) atoms. The van der Waals surface area contributed by atoms with Gasteiger partial charge >= 0.3 is 6.18 Å². The average molecular weight is 289 g/mol. The van der Waals surface area contributed by atoms with E-state index in [9.17, 15) is 13.2 Å². The predicted molar refractivity (Wildman–Crippen MR) is 73.9 cm³/mol. The molecule has 1 aromatic rings. The van der Waals surface area contributed by atoms with Crippen molar-refractivity contribution in [1.82, 2.24) is 5.32 Å². The zero-order valence-corrected chi connectivity index (χ0v) is 12.1. The van der Waals surface area contributed by atoms with Crippen molar-refractivity contribution < 1.29 is 17.9 Å². The van der Waals surface area contributed by atoms with Crippen molar-refractivity contribution in [3.8, 4) is 5.75 Å². The molecule has 0 saturated heterocycles. The average Bonchev–Trinajstić information content (AvgIpc) is 2.36. The van der Waals surface area contributed by atoms with Gasteiger partial charge in [0, 0.05) is 12.6 Å². The fourth-order valence-corrected chi connectivity index (χ4v) is 1.90. The monoisotopic (exact) mass is 289 g/mol. The molecule has 1 N–H and O–H groups in total. The van der Waals surface area contributed by atoms with Crippen molar-refractivity contribution in [2.24, 2.45) is 0 Å². The maximum absolute atomic E-state index is 12.4. The summed E-state index contributed by atoms with van der Waals surface area (Å²) >= 11 is 0. The first-order valence-electron chi connectivity index (χ1n) is 6.90. The van der Waals surface area contributed by atoms with E-state index in [1.165, 1.54) is 12.1 Å². The van der Waals surface area contributed by atoms with E-state index in [2.05, 4.69) is 19.2 Å². The summed E-state index contributed by atoms with van der Waals surface area (Å²) in [5.41, 5.74) is -0.660. The number of halogens is 3. The van der Waals surface area contributed by atoms with Gasteiger partial charge in [0.05, 0.1) is 5.56 Å². The van der Waals surface area contributed by atoms with Gasteiger partial charge in [-0.25, -0.2) is 0 Å². The Morgan fingerprint density at radius 2 is 1.75 bits per heavy atom. The van der Waals surface area contributed by atoms with Crippen LogP contribution in [-0.2, 0) is 6.18 Å². The highest BCUT2D eigenvalue weighted by Gasteiger charge is 2.30. The lowest BCUT2D eigenvalue weighted by molar-refractivity contribution is -0.137. The van der Waals surface area contributed by atoms with Gasteiger partial charge in [0.2, 0.25) is 0 Å². The molecule has 0 aliphatic rings. The molecule has 2 unspecified atom stereocenters. The summed E-state index contributed by atoms with van der Waals surface area (Å²) in [7, 11) is 0. The second kappa shape index (κ2) is 7.53. The Balaban J connectivity index is 2.44. The van der Waals surface area contributed by atoms with Crippen molar-refractivity contribution >= 4 is 0 Å². The van der Waals surface area contributed by atoms with Crippen molar-refractivity contribution in [3.63, 3.8) is 0 Å². The van der Waals surface area contributed by atoms with E-state index in [4.69, 9.17) is 4.74 Å². The SMILES string of the molecule is CCCC(C)NCC(C)Oc1ccc(C(F)(F)F)cc1. The summed E-state index contributed by atoms with van der Waals surface area (Å²) in [6.45, 7) is 6.79. The zero-order chi connectivity index (χ0) is 15.2. The lowest BCUT2D eigenvalue weighted by atomic mass is 10.2. The molecule has 0 spiro atoms. The number of rotatable bonds is 7. The Bertz CT molecular complexity index is 389. The van der Waals surface area contributed by atoms with Crippen LogP contribution in [0.15, 0.2) is 24.3 Å². The first kappa shape index (κ1) is 16.8. The van der Waals surface area contributed by atoms with Crippen LogP contribution in [0.1, 0.15) is 39.2 Å².